The van der Waals surface area contributed by atoms with Gasteiger partial charge in [0.2, 0.25) is 0 Å². The van der Waals surface area contributed by atoms with Crippen LogP contribution in [0.4, 0.5) is 0 Å². The molecule has 0 unspecified atom stereocenters. The second kappa shape index (κ2) is 9.62. The van der Waals surface area contributed by atoms with Crippen LogP contribution < -0.4 is 10.2 Å². The molecule has 3 aromatic carbocycles. The molecule has 3 rings (SSSR count). The van der Waals surface area contributed by atoms with Gasteiger partial charge >= 0.3 is 0 Å². The van der Waals surface area contributed by atoms with Crippen LogP contribution in [0, 0.1) is 0 Å². The molecule has 0 saturated carbocycles. The van der Waals surface area contributed by atoms with E-state index in [1.165, 1.54) is 24.3 Å². The van der Waals surface area contributed by atoms with E-state index in [0.717, 1.165) is 11.3 Å². The molecule has 0 radical (unpaired) electrons. The SMILES string of the molecule is COc1cc(/C=N\NC(=O)c2ccc(CSc3ccccc3)cc2)ccc1O. The van der Waals surface area contributed by atoms with Crippen molar-refractivity contribution in [3.05, 3.63) is 89.5 Å². The third kappa shape index (κ3) is 5.37. The topological polar surface area (TPSA) is 70.9 Å². The van der Waals surface area contributed by atoms with Gasteiger partial charge in [0, 0.05) is 16.2 Å². The Bertz CT molecular complexity index is 957. The Kier molecular flexibility index (Phi) is 6.70. The number of nitrogens with one attached hydrogen (secondary N) is 1. The van der Waals surface area contributed by atoms with E-state index >= 15 is 0 Å². The second-order valence-electron chi connectivity index (χ2n) is 5.93. The van der Waals surface area contributed by atoms with Gasteiger partial charge in [-0.3, -0.25) is 4.79 Å². The largest absolute Gasteiger partial charge is 0.504 e. The third-order valence-electron chi connectivity index (χ3n) is 3.95. The van der Waals surface area contributed by atoms with E-state index in [4.69, 9.17) is 4.74 Å². The molecular formula is C22H20N2O3S. The van der Waals surface area contributed by atoms with Crippen LogP contribution in [0.15, 0.2) is 82.8 Å². The van der Waals surface area contributed by atoms with E-state index in [0.29, 0.717) is 16.9 Å². The molecule has 0 aliphatic carbocycles. The number of hydrogen-bond acceptors (Lipinski definition) is 5. The lowest BCUT2D eigenvalue weighted by molar-refractivity contribution is 0.0955. The van der Waals surface area contributed by atoms with Crippen LogP contribution in [-0.2, 0) is 5.75 Å². The summed E-state index contributed by atoms with van der Waals surface area (Å²) < 4.78 is 5.04. The van der Waals surface area contributed by atoms with E-state index in [1.54, 1.807) is 36.0 Å². The highest BCUT2D eigenvalue weighted by Gasteiger charge is 2.05. The number of carbonyl (C=O) groups excluding carboxylic acids is 1. The molecule has 0 saturated heterocycles. The summed E-state index contributed by atoms with van der Waals surface area (Å²) in [7, 11) is 1.47. The molecule has 5 nitrogen and oxygen atoms in total. The number of aromatic hydroxyl groups is 1. The monoisotopic (exact) mass is 392 g/mol. The first-order valence-electron chi connectivity index (χ1n) is 8.63. The van der Waals surface area contributed by atoms with Crippen LogP contribution in [-0.4, -0.2) is 24.3 Å². The van der Waals surface area contributed by atoms with Crippen LogP contribution in [0.5, 0.6) is 11.5 Å². The lowest BCUT2D eigenvalue weighted by Gasteiger charge is -2.05. The summed E-state index contributed by atoms with van der Waals surface area (Å²) in [5.74, 6) is 0.949. The Labute approximate surface area is 168 Å². The highest BCUT2D eigenvalue weighted by Crippen LogP contribution is 2.25. The van der Waals surface area contributed by atoms with Gasteiger partial charge < -0.3 is 9.84 Å². The van der Waals surface area contributed by atoms with Crippen molar-refractivity contribution in [3.63, 3.8) is 0 Å². The number of hydrazone groups is 1. The summed E-state index contributed by atoms with van der Waals surface area (Å²) in [4.78, 5) is 13.4. The standard InChI is InChI=1S/C22H20N2O3S/c1-27-21-13-17(9-12-20(21)25)14-23-24-22(26)18-10-7-16(8-11-18)15-28-19-5-3-2-4-6-19/h2-14,25H,15H2,1H3,(H,24,26)/b23-14-. The zero-order valence-corrected chi connectivity index (χ0v) is 16.1. The molecule has 3 aromatic rings. The molecule has 2 N–H and O–H groups in total. The molecule has 0 aliphatic rings. The Balaban J connectivity index is 1.54. The molecule has 0 bridgehead atoms. The lowest BCUT2D eigenvalue weighted by Crippen LogP contribution is -2.17. The quantitative estimate of drug-likeness (QED) is 0.354. The van der Waals surface area contributed by atoms with Crippen LogP contribution in [0.2, 0.25) is 0 Å². The molecular weight excluding hydrogens is 372 g/mol. The fourth-order valence-corrected chi connectivity index (χ4v) is 3.32. The Morgan fingerprint density at radius 2 is 1.86 bits per heavy atom. The number of nitrogens with zero attached hydrogens (tertiary/aromatic N) is 1. The van der Waals surface area contributed by atoms with Crippen molar-refractivity contribution in [2.24, 2.45) is 5.10 Å². The summed E-state index contributed by atoms with van der Waals surface area (Å²) in [5, 5.41) is 13.5. The molecule has 0 atom stereocenters. The van der Waals surface area contributed by atoms with Gasteiger partial charge in [0.15, 0.2) is 11.5 Å². The first-order chi connectivity index (χ1) is 13.7. The van der Waals surface area contributed by atoms with E-state index in [9.17, 15) is 9.90 Å². The molecule has 0 spiro atoms. The van der Waals surface area contributed by atoms with Gasteiger partial charge in [-0.1, -0.05) is 30.3 Å². The summed E-state index contributed by atoms with van der Waals surface area (Å²) >= 11 is 1.75. The normalized spacial score (nSPS) is 10.8. The maximum absolute atomic E-state index is 12.2. The number of benzene rings is 3. The highest BCUT2D eigenvalue weighted by atomic mass is 32.2. The molecule has 142 valence electrons. The van der Waals surface area contributed by atoms with Crippen molar-refractivity contribution in [1.29, 1.82) is 0 Å². The van der Waals surface area contributed by atoms with Crippen molar-refractivity contribution in [3.8, 4) is 11.5 Å². The average molecular weight is 392 g/mol. The molecule has 28 heavy (non-hydrogen) atoms. The minimum Gasteiger partial charge on any atom is -0.504 e. The van der Waals surface area contributed by atoms with Gasteiger partial charge in [0.25, 0.3) is 5.91 Å². The van der Waals surface area contributed by atoms with Gasteiger partial charge in [0.05, 0.1) is 13.3 Å². The number of methoxy groups -OCH3 is 1. The Morgan fingerprint density at radius 3 is 2.57 bits per heavy atom. The second-order valence-corrected chi connectivity index (χ2v) is 6.98. The fourth-order valence-electron chi connectivity index (χ4n) is 2.44. The number of ether oxygens (including phenoxy) is 1. The maximum atomic E-state index is 12.2. The number of phenols is 1. The third-order valence-corrected chi connectivity index (χ3v) is 5.03. The van der Waals surface area contributed by atoms with Gasteiger partial charge in [0.1, 0.15) is 0 Å². The number of hydrogen-bond donors (Lipinski definition) is 2. The first-order valence-corrected chi connectivity index (χ1v) is 9.61. The smallest absolute Gasteiger partial charge is 0.271 e. The van der Waals surface area contributed by atoms with Gasteiger partial charge in [-0.2, -0.15) is 5.10 Å². The number of rotatable bonds is 7. The molecule has 0 heterocycles. The van der Waals surface area contributed by atoms with Crippen LogP contribution >= 0.6 is 11.8 Å². The summed E-state index contributed by atoms with van der Waals surface area (Å²) in [6.07, 6.45) is 1.49. The molecule has 1 amide bonds. The first kappa shape index (κ1) is 19.5. The van der Waals surface area contributed by atoms with Crippen molar-refractivity contribution < 1.29 is 14.6 Å². The predicted octanol–water partition coefficient (Wildman–Crippen LogP) is 4.46. The van der Waals surface area contributed by atoms with Crippen LogP contribution in [0.3, 0.4) is 0 Å². The fraction of sp³-hybridized carbons (Fsp3) is 0.0909. The summed E-state index contributed by atoms with van der Waals surface area (Å²) in [6, 6.07) is 22.5. The lowest BCUT2D eigenvalue weighted by atomic mass is 10.1. The zero-order valence-electron chi connectivity index (χ0n) is 15.3. The van der Waals surface area contributed by atoms with Crippen molar-refractivity contribution in [1.82, 2.24) is 5.43 Å². The number of thioether (sulfide) groups is 1. The predicted molar refractivity (Wildman–Crippen MR) is 112 cm³/mol. The van der Waals surface area contributed by atoms with Crippen LogP contribution in [0.1, 0.15) is 21.5 Å². The zero-order chi connectivity index (χ0) is 19.8. The minimum absolute atomic E-state index is 0.0502. The van der Waals surface area contributed by atoms with E-state index in [-0.39, 0.29) is 11.7 Å². The average Bonchev–Trinajstić information content (AvgIpc) is 2.74. The van der Waals surface area contributed by atoms with E-state index in [2.05, 4.69) is 22.7 Å². The Hall–Kier alpha value is -3.25. The van der Waals surface area contributed by atoms with Gasteiger partial charge in [-0.05, 0) is 53.6 Å². The van der Waals surface area contributed by atoms with Gasteiger partial charge in [-0.25, -0.2) is 5.43 Å². The van der Waals surface area contributed by atoms with Crippen molar-refractivity contribution in [2.45, 2.75) is 10.6 Å². The highest BCUT2D eigenvalue weighted by molar-refractivity contribution is 7.98. The number of amides is 1. The van der Waals surface area contributed by atoms with Gasteiger partial charge in [-0.15, -0.1) is 11.8 Å². The molecule has 0 aliphatic heterocycles. The summed E-state index contributed by atoms with van der Waals surface area (Å²) in [5.41, 5.74) is 4.88. The van der Waals surface area contributed by atoms with Crippen molar-refractivity contribution >= 4 is 23.9 Å². The molecule has 6 heteroatoms. The molecule has 0 aromatic heterocycles. The van der Waals surface area contributed by atoms with E-state index < -0.39 is 0 Å². The summed E-state index contributed by atoms with van der Waals surface area (Å²) in [6.45, 7) is 0. The maximum Gasteiger partial charge on any atom is 0.271 e. The van der Waals surface area contributed by atoms with Crippen LogP contribution in [0.25, 0.3) is 0 Å². The minimum atomic E-state index is -0.288. The molecule has 0 fully saturated rings. The Morgan fingerprint density at radius 1 is 1.11 bits per heavy atom. The number of phenolic OH excluding ortho intramolecular Hbond substituents is 1. The number of carbonyl (C=O) groups is 1. The van der Waals surface area contributed by atoms with Crippen molar-refractivity contribution in [2.75, 3.05) is 7.11 Å². The van der Waals surface area contributed by atoms with E-state index in [1.807, 2.05) is 30.3 Å².